The average molecular weight is 269 g/mol. The number of carbonyl (C=O) groups excluding carboxylic acids is 1. The molecule has 0 radical (unpaired) electrons. The van der Waals surface area contributed by atoms with Crippen LogP contribution in [0.25, 0.3) is 0 Å². The van der Waals surface area contributed by atoms with E-state index in [2.05, 4.69) is 36.4 Å². The minimum atomic E-state index is -0.106. The van der Waals surface area contributed by atoms with Crippen molar-refractivity contribution in [3.63, 3.8) is 0 Å². The lowest BCUT2D eigenvalue weighted by Crippen LogP contribution is -2.42. The Hall–Kier alpha value is -1.10. The van der Waals surface area contributed by atoms with Gasteiger partial charge in [0, 0.05) is 17.6 Å². The summed E-state index contributed by atoms with van der Waals surface area (Å²) in [7, 11) is 0. The van der Waals surface area contributed by atoms with E-state index in [1.165, 1.54) is 0 Å². The van der Waals surface area contributed by atoms with Crippen LogP contribution in [0.1, 0.15) is 51.6 Å². The van der Waals surface area contributed by atoms with Crippen molar-refractivity contribution in [3.8, 4) is 0 Å². The first-order valence-electron chi connectivity index (χ1n) is 6.49. The SMILES string of the molecule is CCC(C)NC(=O)NC(CC(C)C)c1nccs1. The van der Waals surface area contributed by atoms with E-state index in [1.807, 2.05) is 12.3 Å². The molecule has 1 heterocycles. The van der Waals surface area contributed by atoms with Crippen LogP contribution in [-0.4, -0.2) is 17.1 Å². The summed E-state index contributed by atoms with van der Waals surface area (Å²) in [6.45, 7) is 8.35. The molecule has 2 N–H and O–H groups in total. The van der Waals surface area contributed by atoms with Crippen molar-refractivity contribution >= 4 is 17.4 Å². The van der Waals surface area contributed by atoms with Crippen LogP contribution in [0.2, 0.25) is 0 Å². The normalized spacial score (nSPS) is 14.3. The molecule has 4 nitrogen and oxygen atoms in total. The van der Waals surface area contributed by atoms with E-state index in [0.29, 0.717) is 5.92 Å². The van der Waals surface area contributed by atoms with Gasteiger partial charge in [0.25, 0.3) is 0 Å². The predicted octanol–water partition coefficient (Wildman–Crippen LogP) is 3.33. The van der Waals surface area contributed by atoms with Crippen molar-refractivity contribution in [2.75, 3.05) is 0 Å². The molecule has 2 amide bonds. The van der Waals surface area contributed by atoms with Gasteiger partial charge >= 0.3 is 6.03 Å². The maximum Gasteiger partial charge on any atom is 0.315 e. The zero-order chi connectivity index (χ0) is 13.5. The van der Waals surface area contributed by atoms with Gasteiger partial charge in [0.05, 0.1) is 6.04 Å². The van der Waals surface area contributed by atoms with E-state index >= 15 is 0 Å². The maximum absolute atomic E-state index is 11.9. The van der Waals surface area contributed by atoms with Crippen LogP contribution in [0.15, 0.2) is 11.6 Å². The van der Waals surface area contributed by atoms with Crippen LogP contribution in [0, 0.1) is 5.92 Å². The molecule has 2 atom stereocenters. The number of carbonyl (C=O) groups is 1. The Morgan fingerprint density at radius 3 is 2.61 bits per heavy atom. The standard InChI is InChI=1S/C13H23N3OS/c1-5-10(4)15-13(17)16-11(8-9(2)3)12-14-6-7-18-12/h6-7,9-11H,5,8H2,1-4H3,(H2,15,16,17). The van der Waals surface area contributed by atoms with Gasteiger partial charge < -0.3 is 10.6 Å². The Labute approximate surface area is 113 Å². The first-order valence-corrected chi connectivity index (χ1v) is 7.37. The van der Waals surface area contributed by atoms with E-state index in [9.17, 15) is 4.79 Å². The molecule has 5 heteroatoms. The molecule has 0 spiro atoms. The minimum Gasteiger partial charge on any atom is -0.336 e. The number of thiazole rings is 1. The lowest BCUT2D eigenvalue weighted by molar-refractivity contribution is 0.231. The number of nitrogens with zero attached hydrogens (tertiary/aromatic N) is 1. The second-order valence-corrected chi connectivity index (χ2v) is 5.91. The lowest BCUT2D eigenvalue weighted by atomic mass is 10.0. The summed E-state index contributed by atoms with van der Waals surface area (Å²) in [5.41, 5.74) is 0. The van der Waals surface area contributed by atoms with Gasteiger partial charge in [-0.15, -0.1) is 11.3 Å². The molecule has 1 aromatic rings. The van der Waals surface area contributed by atoms with Crippen molar-refractivity contribution in [3.05, 3.63) is 16.6 Å². The number of urea groups is 1. The second-order valence-electron chi connectivity index (χ2n) is 4.98. The Kier molecular flexibility index (Phi) is 6.12. The van der Waals surface area contributed by atoms with Crippen molar-refractivity contribution in [1.29, 1.82) is 0 Å². The number of hydrogen-bond acceptors (Lipinski definition) is 3. The summed E-state index contributed by atoms with van der Waals surface area (Å²) in [5, 5.41) is 8.85. The molecule has 0 aromatic carbocycles. The molecule has 0 aliphatic heterocycles. The third kappa shape index (κ3) is 5.04. The minimum absolute atomic E-state index is 0.00839. The highest BCUT2D eigenvalue weighted by Crippen LogP contribution is 2.22. The van der Waals surface area contributed by atoms with Gasteiger partial charge in [-0.05, 0) is 25.7 Å². The van der Waals surface area contributed by atoms with Gasteiger partial charge in [-0.1, -0.05) is 20.8 Å². The van der Waals surface area contributed by atoms with Crippen molar-refractivity contribution < 1.29 is 4.79 Å². The van der Waals surface area contributed by atoms with Gasteiger partial charge in [0.1, 0.15) is 5.01 Å². The Morgan fingerprint density at radius 1 is 1.39 bits per heavy atom. The topological polar surface area (TPSA) is 54.0 Å². The second kappa shape index (κ2) is 7.36. The van der Waals surface area contributed by atoms with Gasteiger partial charge in [0.2, 0.25) is 0 Å². The molecule has 0 bridgehead atoms. The fraction of sp³-hybridized carbons (Fsp3) is 0.692. The Balaban J connectivity index is 2.59. The first kappa shape index (κ1) is 15.0. The molecule has 102 valence electrons. The van der Waals surface area contributed by atoms with Gasteiger partial charge in [-0.2, -0.15) is 0 Å². The molecule has 1 rings (SSSR count). The van der Waals surface area contributed by atoms with E-state index in [0.717, 1.165) is 17.8 Å². The quantitative estimate of drug-likeness (QED) is 0.832. The highest BCUT2D eigenvalue weighted by Gasteiger charge is 2.18. The summed E-state index contributed by atoms with van der Waals surface area (Å²) >= 11 is 1.59. The molecule has 0 aliphatic carbocycles. The maximum atomic E-state index is 11.9. The summed E-state index contributed by atoms with van der Waals surface area (Å²) in [5.74, 6) is 0.516. The zero-order valence-corrected chi connectivity index (χ0v) is 12.4. The molecule has 2 unspecified atom stereocenters. The largest absolute Gasteiger partial charge is 0.336 e. The number of hydrogen-bond donors (Lipinski definition) is 2. The fourth-order valence-corrected chi connectivity index (χ4v) is 2.33. The third-order valence-corrected chi connectivity index (χ3v) is 3.64. The van der Waals surface area contributed by atoms with Gasteiger partial charge in [-0.3, -0.25) is 0 Å². The predicted molar refractivity (Wildman–Crippen MR) is 75.7 cm³/mol. The molecule has 0 fully saturated rings. The highest BCUT2D eigenvalue weighted by molar-refractivity contribution is 7.09. The molecule has 0 saturated heterocycles. The van der Waals surface area contributed by atoms with Gasteiger partial charge in [0.15, 0.2) is 0 Å². The van der Waals surface area contributed by atoms with E-state index in [-0.39, 0.29) is 18.1 Å². The van der Waals surface area contributed by atoms with Crippen molar-refractivity contribution in [2.45, 2.75) is 52.6 Å². The van der Waals surface area contributed by atoms with Crippen LogP contribution in [-0.2, 0) is 0 Å². The number of rotatable bonds is 6. The molecule has 0 saturated carbocycles. The molecule has 1 aromatic heterocycles. The molecular formula is C13H23N3OS. The first-order chi connectivity index (χ1) is 8.52. The van der Waals surface area contributed by atoms with Crippen molar-refractivity contribution in [2.24, 2.45) is 5.92 Å². The summed E-state index contributed by atoms with van der Waals surface area (Å²) in [6.07, 6.45) is 3.61. The Bertz CT molecular complexity index is 351. The van der Waals surface area contributed by atoms with E-state index in [1.54, 1.807) is 17.5 Å². The lowest BCUT2D eigenvalue weighted by Gasteiger charge is -2.20. The molecular weight excluding hydrogens is 246 g/mol. The highest BCUT2D eigenvalue weighted by atomic mass is 32.1. The number of amides is 2. The van der Waals surface area contributed by atoms with Crippen molar-refractivity contribution in [1.82, 2.24) is 15.6 Å². The molecule has 18 heavy (non-hydrogen) atoms. The van der Waals surface area contributed by atoms with Crippen LogP contribution >= 0.6 is 11.3 Å². The molecule has 0 aliphatic rings. The Morgan fingerprint density at radius 2 is 2.11 bits per heavy atom. The van der Waals surface area contributed by atoms with Crippen LogP contribution in [0.3, 0.4) is 0 Å². The zero-order valence-electron chi connectivity index (χ0n) is 11.6. The summed E-state index contributed by atoms with van der Waals surface area (Å²) in [4.78, 5) is 16.2. The van der Waals surface area contributed by atoms with Crippen LogP contribution < -0.4 is 10.6 Å². The summed E-state index contributed by atoms with van der Waals surface area (Å²) < 4.78 is 0. The monoisotopic (exact) mass is 269 g/mol. The number of nitrogens with one attached hydrogen (secondary N) is 2. The van der Waals surface area contributed by atoms with Crippen LogP contribution in [0.4, 0.5) is 4.79 Å². The number of aromatic nitrogens is 1. The van der Waals surface area contributed by atoms with Gasteiger partial charge in [-0.25, -0.2) is 9.78 Å². The van der Waals surface area contributed by atoms with E-state index < -0.39 is 0 Å². The smallest absolute Gasteiger partial charge is 0.315 e. The third-order valence-electron chi connectivity index (χ3n) is 2.75. The average Bonchev–Trinajstić information content (AvgIpc) is 2.80. The van der Waals surface area contributed by atoms with Crippen LogP contribution in [0.5, 0.6) is 0 Å². The fourth-order valence-electron chi connectivity index (χ4n) is 1.63. The summed E-state index contributed by atoms with van der Waals surface area (Å²) in [6, 6.07) is 0.0975. The van der Waals surface area contributed by atoms with E-state index in [4.69, 9.17) is 0 Å².